The number of carbonyl (C=O) groups is 1. The minimum absolute atomic E-state index is 0.0617. The maximum atomic E-state index is 13.9. The molecule has 7 heteroatoms. The van der Waals surface area contributed by atoms with E-state index in [4.69, 9.17) is 4.52 Å². The van der Waals surface area contributed by atoms with Gasteiger partial charge in [-0.3, -0.25) is 9.69 Å². The van der Waals surface area contributed by atoms with Gasteiger partial charge in [-0.2, -0.15) is 0 Å². The Hall–Kier alpha value is -3.32. The van der Waals surface area contributed by atoms with Crippen LogP contribution in [0.15, 0.2) is 65.2 Å². The number of aromatic nitrogens is 1. The van der Waals surface area contributed by atoms with Gasteiger partial charge < -0.3 is 9.84 Å². The smallest absolute Gasteiger partial charge is 0.273 e. The molecule has 0 atom stereocenters. The highest BCUT2D eigenvalue weighted by Crippen LogP contribution is 2.24. The van der Waals surface area contributed by atoms with E-state index < -0.39 is 11.6 Å². The zero-order valence-electron chi connectivity index (χ0n) is 17.6. The number of rotatable bonds is 7. The molecule has 1 fully saturated rings. The number of likely N-dealkylation sites (tertiary alicyclic amines) is 1. The Kier molecular flexibility index (Phi) is 7.07. The lowest BCUT2D eigenvalue weighted by Gasteiger charge is -2.31. The first kappa shape index (κ1) is 21.9. The number of hydrogen-bond acceptors (Lipinski definition) is 4. The fourth-order valence-corrected chi connectivity index (χ4v) is 3.80. The summed E-state index contributed by atoms with van der Waals surface area (Å²) in [6, 6.07) is 14.8. The van der Waals surface area contributed by atoms with E-state index in [0.717, 1.165) is 44.6 Å². The predicted molar refractivity (Wildman–Crippen MR) is 119 cm³/mol. The number of piperidine rings is 1. The van der Waals surface area contributed by atoms with Gasteiger partial charge in [0.25, 0.3) is 5.91 Å². The van der Waals surface area contributed by atoms with E-state index in [1.807, 2.05) is 18.2 Å². The monoisotopic (exact) mass is 437 g/mol. The van der Waals surface area contributed by atoms with E-state index in [-0.39, 0.29) is 22.9 Å². The SMILES string of the molecule is O=C(NCC1CCN(CC=Cc2ccccc2)CC1)c1cc(-c2ccc(F)cc2F)on1. The van der Waals surface area contributed by atoms with Crippen LogP contribution in [0.2, 0.25) is 0 Å². The summed E-state index contributed by atoms with van der Waals surface area (Å²) in [6.45, 7) is 3.44. The van der Waals surface area contributed by atoms with Crippen molar-refractivity contribution in [2.45, 2.75) is 12.8 Å². The van der Waals surface area contributed by atoms with Crippen molar-refractivity contribution in [1.29, 1.82) is 0 Å². The Morgan fingerprint density at radius 3 is 2.66 bits per heavy atom. The Balaban J connectivity index is 1.22. The molecule has 0 saturated carbocycles. The summed E-state index contributed by atoms with van der Waals surface area (Å²) >= 11 is 0. The predicted octanol–water partition coefficient (Wildman–Crippen LogP) is 4.78. The second-order valence-corrected chi connectivity index (χ2v) is 7.97. The molecule has 1 saturated heterocycles. The van der Waals surface area contributed by atoms with Crippen LogP contribution in [0.5, 0.6) is 0 Å². The van der Waals surface area contributed by atoms with E-state index in [2.05, 4.69) is 39.7 Å². The average molecular weight is 437 g/mol. The number of nitrogens with one attached hydrogen (secondary N) is 1. The van der Waals surface area contributed by atoms with Crippen LogP contribution in [0.25, 0.3) is 17.4 Å². The van der Waals surface area contributed by atoms with Gasteiger partial charge in [-0.1, -0.05) is 47.6 Å². The first-order valence-electron chi connectivity index (χ1n) is 10.7. The summed E-state index contributed by atoms with van der Waals surface area (Å²) in [5, 5.41) is 6.62. The van der Waals surface area contributed by atoms with Gasteiger partial charge in [-0.15, -0.1) is 0 Å². The highest BCUT2D eigenvalue weighted by atomic mass is 19.1. The molecule has 0 unspecified atom stereocenters. The standard InChI is InChI=1S/C25H25F2N3O2/c26-20-8-9-21(22(27)15-20)24-16-23(29-32-24)25(31)28-17-19-10-13-30(14-11-19)12-4-7-18-5-2-1-3-6-18/h1-9,15-16,19H,10-14,17H2,(H,28,31). The second kappa shape index (κ2) is 10.3. The highest BCUT2D eigenvalue weighted by molar-refractivity contribution is 5.93. The molecule has 0 aliphatic carbocycles. The van der Waals surface area contributed by atoms with Gasteiger partial charge in [0.2, 0.25) is 0 Å². The summed E-state index contributed by atoms with van der Waals surface area (Å²) in [7, 11) is 0. The molecule has 1 N–H and O–H groups in total. The largest absolute Gasteiger partial charge is 0.355 e. The number of carbonyl (C=O) groups excluding carboxylic acids is 1. The maximum absolute atomic E-state index is 13.9. The Bertz CT molecular complexity index is 1070. The first-order chi connectivity index (χ1) is 15.6. The lowest BCUT2D eigenvalue weighted by molar-refractivity contribution is 0.0928. The van der Waals surface area contributed by atoms with Crippen LogP contribution < -0.4 is 5.32 Å². The first-order valence-corrected chi connectivity index (χ1v) is 10.7. The number of halogens is 2. The molecule has 4 rings (SSSR count). The summed E-state index contributed by atoms with van der Waals surface area (Å²) in [4.78, 5) is 14.8. The van der Waals surface area contributed by atoms with Gasteiger partial charge in [0.15, 0.2) is 11.5 Å². The van der Waals surface area contributed by atoms with Crippen LogP contribution in [0.1, 0.15) is 28.9 Å². The van der Waals surface area contributed by atoms with Gasteiger partial charge in [0.1, 0.15) is 11.6 Å². The zero-order chi connectivity index (χ0) is 22.3. The Morgan fingerprint density at radius 1 is 1.12 bits per heavy atom. The van der Waals surface area contributed by atoms with E-state index in [9.17, 15) is 13.6 Å². The third-order valence-electron chi connectivity index (χ3n) is 5.67. The van der Waals surface area contributed by atoms with Crippen LogP contribution in [0.3, 0.4) is 0 Å². The van der Waals surface area contributed by atoms with Crippen molar-refractivity contribution in [2.75, 3.05) is 26.2 Å². The molecule has 1 amide bonds. The lowest BCUT2D eigenvalue weighted by Crippen LogP contribution is -2.38. The molecule has 0 spiro atoms. The topological polar surface area (TPSA) is 58.4 Å². The third kappa shape index (κ3) is 5.68. The number of amides is 1. The molecule has 2 heterocycles. The minimum Gasteiger partial charge on any atom is -0.355 e. The van der Waals surface area contributed by atoms with Crippen molar-refractivity contribution in [3.63, 3.8) is 0 Å². The van der Waals surface area contributed by atoms with Gasteiger partial charge in [-0.25, -0.2) is 8.78 Å². The average Bonchev–Trinajstić information content (AvgIpc) is 3.29. The van der Waals surface area contributed by atoms with Crippen LogP contribution in [-0.4, -0.2) is 42.1 Å². The van der Waals surface area contributed by atoms with Crippen LogP contribution >= 0.6 is 0 Å². The molecule has 3 aromatic rings. The summed E-state index contributed by atoms with van der Waals surface area (Å²) < 4.78 is 32.1. The Morgan fingerprint density at radius 2 is 1.91 bits per heavy atom. The van der Waals surface area contributed by atoms with Crippen molar-refractivity contribution in [2.24, 2.45) is 5.92 Å². The van der Waals surface area contributed by atoms with E-state index in [1.54, 1.807) is 0 Å². The van der Waals surface area contributed by atoms with Gasteiger partial charge in [-0.05, 0) is 49.5 Å². The van der Waals surface area contributed by atoms with Crippen molar-refractivity contribution in [3.05, 3.63) is 83.6 Å². The van der Waals surface area contributed by atoms with Crippen LogP contribution in [0, 0.1) is 17.6 Å². The second-order valence-electron chi connectivity index (χ2n) is 7.97. The molecule has 1 aliphatic heterocycles. The highest BCUT2D eigenvalue weighted by Gasteiger charge is 2.21. The number of benzene rings is 2. The lowest BCUT2D eigenvalue weighted by atomic mass is 9.96. The van der Waals surface area contributed by atoms with Crippen molar-refractivity contribution in [1.82, 2.24) is 15.4 Å². The van der Waals surface area contributed by atoms with Crippen molar-refractivity contribution in [3.8, 4) is 11.3 Å². The normalized spacial score (nSPS) is 15.3. The fourth-order valence-electron chi connectivity index (χ4n) is 3.80. The molecule has 0 radical (unpaired) electrons. The summed E-state index contributed by atoms with van der Waals surface area (Å²) in [6.07, 6.45) is 6.33. The molecular weight excluding hydrogens is 412 g/mol. The van der Waals surface area contributed by atoms with Gasteiger partial charge >= 0.3 is 0 Å². The number of hydrogen-bond donors (Lipinski definition) is 1. The van der Waals surface area contributed by atoms with Crippen LogP contribution in [0.4, 0.5) is 8.78 Å². The summed E-state index contributed by atoms with van der Waals surface area (Å²) in [5.74, 6) is -1.32. The minimum atomic E-state index is -0.765. The molecule has 2 aromatic carbocycles. The van der Waals surface area contributed by atoms with Crippen molar-refractivity contribution < 1.29 is 18.1 Å². The molecule has 1 aromatic heterocycles. The van der Waals surface area contributed by atoms with E-state index in [0.29, 0.717) is 12.5 Å². The maximum Gasteiger partial charge on any atom is 0.273 e. The molecule has 1 aliphatic rings. The molecule has 32 heavy (non-hydrogen) atoms. The Labute approximate surface area is 185 Å². The quantitative estimate of drug-likeness (QED) is 0.578. The van der Waals surface area contributed by atoms with Gasteiger partial charge in [0, 0.05) is 25.2 Å². The van der Waals surface area contributed by atoms with Gasteiger partial charge in [0.05, 0.1) is 5.56 Å². The molecular formula is C25H25F2N3O2. The zero-order valence-corrected chi connectivity index (χ0v) is 17.6. The van der Waals surface area contributed by atoms with E-state index >= 15 is 0 Å². The molecule has 5 nitrogen and oxygen atoms in total. The van der Waals surface area contributed by atoms with Crippen molar-refractivity contribution >= 4 is 12.0 Å². The number of nitrogens with zero attached hydrogens (tertiary/aromatic N) is 2. The third-order valence-corrected chi connectivity index (χ3v) is 5.67. The molecule has 0 bridgehead atoms. The summed E-state index contributed by atoms with van der Waals surface area (Å²) in [5.41, 5.74) is 1.34. The van der Waals surface area contributed by atoms with Crippen LogP contribution in [-0.2, 0) is 0 Å². The fraction of sp³-hybridized carbons (Fsp3) is 0.280. The van der Waals surface area contributed by atoms with E-state index in [1.165, 1.54) is 17.7 Å². The molecule has 166 valence electrons.